The Kier molecular flexibility index (Phi) is 6.02. The molecule has 2 rings (SSSR count). The second-order valence-electron chi connectivity index (χ2n) is 3.90. The molecule has 1 fully saturated rings. The normalized spacial score (nSPS) is 16.7. The average molecular weight is 209 g/mol. The fraction of sp³-hybridized carbons (Fsp3) is 0.538. The number of nitrogens with one attached hydrogen (secondary N) is 1. The Bertz CT molecular complexity index is 242. The third-order valence-corrected chi connectivity index (χ3v) is 2.77. The molecule has 1 N–H and O–H groups in total. The molecule has 0 atom stereocenters. The van der Waals surface area contributed by atoms with Gasteiger partial charge in [0, 0.05) is 0 Å². The van der Waals surface area contributed by atoms with Gasteiger partial charge in [0.25, 0.3) is 0 Å². The first-order chi connectivity index (χ1) is 7.33. The summed E-state index contributed by atoms with van der Waals surface area (Å²) in [6, 6.07) is 7.94. The Balaban J connectivity index is 0.000000151. The summed E-state index contributed by atoms with van der Waals surface area (Å²) >= 11 is 0. The lowest BCUT2D eigenvalue weighted by Crippen LogP contribution is -2.27. The van der Waals surface area contributed by atoms with Gasteiger partial charge in [0.2, 0.25) is 0 Å². The van der Waals surface area contributed by atoms with Gasteiger partial charge in [-0.1, -0.05) is 31.5 Å². The smallest absolute Gasteiger partial charge is 0.123 e. The maximum atomic E-state index is 11.9. The van der Waals surface area contributed by atoms with Gasteiger partial charge in [0.05, 0.1) is 0 Å². The van der Waals surface area contributed by atoms with Crippen molar-refractivity contribution < 1.29 is 4.39 Å². The Morgan fingerprint density at radius 2 is 1.80 bits per heavy atom. The highest BCUT2D eigenvalue weighted by Crippen LogP contribution is 2.13. The van der Waals surface area contributed by atoms with Crippen molar-refractivity contribution in [1.29, 1.82) is 0 Å². The highest BCUT2D eigenvalue weighted by molar-refractivity contribution is 5.02. The van der Waals surface area contributed by atoms with Gasteiger partial charge in [0.15, 0.2) is 0 Å². The monoisotopic (exact) mass is 209 g/mol. The van der Waals surface area contributed by atoms with E-state index in [-0.39, 0.29) is 5.82 Å². The lowest BCUT2D eigenvalue weighted by molar-refractivity contribution is 0.365. The quantitative estimate of drug-likeness (QED) is 0.749. The summed E-state index contributed by atoms with van der Waals surface area (Å²) in [4.78, 5) is 0. The van der Waals surface area contributed by atoms with Crippen LogP contribution >= 0.6 is 0 Å². The zero-order valence-corrected chi connectivity index (χ0v) is 9.38. The van der Waals surface area contributed by atoms with E-state index in [0.29, 0.717) is 0 Å². The molecule has 0 spiro atoms. The third-order valence-electron chi connectivity index (χ3n) is 2.77. The predicted molar refractivity (Wildman–Crippen MR) is 62.3 cm³/mol. The number of hydrogen-bond acceptors (Lipinski definition) is 1. The van der Waals surface area contributed by atoms with Gasteiger partial charge in [-0.2, -0.15) is 0 Å². The van der Waals surface area contributed by atoms with E-state index < -0.39 is 0 Å². The van der Waals surface area contributed by atoms with Gasteiger partial charge in [-0.15, -0.1) is 0 Å². The minimum Gasteiger partial charge on any atom is -0.317 e. The molecule has 0 aromatic heterocycles. The Morgan fingerprint density at radius 1 is 1.20 bits per heavy atom. The van der Waals surface area contributed by atoms with E-state index in [0.717, 1.165) is 5.92 Å². The molecule has 0 radical (unpaired) electrons. The van der Waals surface area contributed by atoms with E-state index >= 15 is 0 Å². The minimum atomic E-state index is -0.178. The van der Waals surface area contributed by atoms with Crippen LogP contribution in [0.15, 0.2) is 30.3 Å². The second kappa shape index (κ2) is 7.41. The van der Waals surface area contributed by atoms with Gasteiger partial charge >= 0.3 is 0 Å². The molecule has 0 aliphatic carbocycles. The highest BCUT2D eigenvalue weighted by atomic mass is 19.1. The van der Waals surface area contributed by atoms with Gasteiger partial charge in [-0.25, -0.2) is 4.39 Å². The van der Waals surface area contributed by atoms with Crippen LogP contribution in [0.3, 0.4) is 0 Å². The molecule has 0 unspecified atom stereocenters. The van der Waals surface area contributed by atoms with Crippen LogP contribution in [-0.2, 0) is 0 Å². The number of halogens is 1. The van der Waals surface area contributed by atoms with Crippen molar-refractivity contribution in [2.24, 2.45) is 5.92 Å². The summed E-state index contributed by atoms with van der Waals surface area (Å²) < 4.78 is 11.9. The van der Waals surface area contributed by atoms with E-state index in [1.165, 1.54) is 44.5 Å². The van der Waals surface area contributed by atoms with Crippen LogP contribution in [0.1, 0.15) is 26.2 Å². The van der Waals surface area contributed by atoms with Gasteiger partial charge in [0.1, 0.15) is 5.82 Å². The van der Waals surface area contributed by atoms with E-state index in [4.69, 9.17) is 0 Å². The molecular formula is C13H20FN. The summed E-state index contributed by atoms with van der Waals surface area (Å²) in [5.74, 6) is 0.846. The fourth-order valence-electron chi connectivity index (χ4n) is 1.70. The molecule has 1 aromatic carbocycles. The number of benzene rings is 1. The lowest BCUT2D eigenvalue weighted by Gasteiger charge is -2.20. The Hall–Kier alpha value is -0.890. The van der Waals surface area contributed by atoms with Crippen molar-refractivity contribution in [2.45, 2.75) is 26.2 Å². The van der Waals surface area contributed by atoms with Crippen molar-refractivity contribution in [1.82, 2.24) is 5.32 Å². The van der Waals surface area contributed by atoms with Crippen LogP contribution in [0.4, 0.5) is 4.39 Å². The zero-order valence-electron chi connectivity index (χ0n) is 9.38. The Morgan fingerprint density at radius 3 is 2.13 bits per heavy atom. The molecule has 1 aliphatic heterocycles. The Labute approximate surface area is 91.7 Å². The topological polar surface area (TPSA) is 12.0 Å². The van der Waals surface area contributed by atoms with Crippen LogP contribution in [0.2, 0.25) is 0 Å². The molecular weight excluding hydrogens is 189 g/mol. The molecule has 1 aliphatic rings. The van der Waals surface area contributed by atoms with Crippen molar-refractivity contribution in [3.63, 3.8) is 0 Å². The molecule has 1 heterocycles. The van der Waals surface area contributed by atoms with E-state index in [9.17, 15) is 4.39 Å². The van der Waals surface area contributed by atoms with Crippen molar-refractivity contribution >= 4 is 0 Å². The number of hydrogen-bond donors (Lipinski definition) is 1. The summed E-state index contributed by atoms with van der Waals surface area (Å²) in [7, 11) is 0. The van der Waals surface area contributed by atoms with Crippen LogP contribution in [0.5, 0.6) is 0 Å². The van der Waals surface area contributed by atoms with E-state index in [1.54, 1.807) is 18.2 Å². The van der Waals surface area contributed by atoms with Crippen LogP contribution in [-0.4, -0.2) is 13.1 Å². The first kappa shape index (κ1) is 12.2. The minimum absolute atomic E-state index is 0.178. The summed E-state index contributed by atoms with van der Waals surface area (Å²) in [6.07, 6.45) is 4.18. The molecule has 15 heavy (non-hydrogen) atoms. The van der Waals surface area contributed by atoms with E-state index in [2.05, 4.69) is 12.2 Å². The highest BCUT2D eigenvalue weighted by Gasteiger charge is 2.08. The largest absolute Gasteiger partial charge is 0.317 e. The lowest BCUT2D eigenvalue weighted by atomic mass is 9.96. The van der Waals surface area contributed by atoms with Crippen molar-refractivity contribution in [3.05, 3.63) is 36.1 Å². The molecule has 0 bridgehead atoms. The first-order valence-corrected chi connectivity index (χ1v) is 5.74. The van der Waals surface area contributed by atoms with E-state index in [1.807, 2.05) is 0 Å². The molecule has 84 valence electrons. The molecule has 0 amide bonds. The van der Waals surface area contributed by atoms with Crippen molar-refractivity contribution in [3.8, 4) is 0 Å². The van der Waals surface area contributed by atoms with Crippen LogP contribution in [0.25, 0.3) is 0 Å². The SMILES string of the molecule is CCC1CCNCC1.Fc1ccccc1. The van der Waals surface area contributed by atoms with Gasteiger partial charge in [-0.3, -0.25) is 0 Å². The zero-order chi connectivity index (χ0) is 10.9. The molecule has 1 saturated heterocycles. The van der Waals surface area contributed by atoms with Gasteiger partial charge in [-0.05, 0) is 44.0 Å². The first-order valence-electron chi connectivity index (χ1n) is 5.74. The summed E-state index contributed by atoms with van der Waals surface area (Å²) in [5, 5.41) is 3.35. The van der Waals surface area contributed by atoms with Crippen molar-refractivity contribution in [2.75, 3.05) is 13.1 Å². The summed E-state index contributed by atoms with van der Waals surface area (Å²) in [6.45, 7) is 4.78. The number of rotatable bonds is 1. The molecule has 2 heteroatoms. The van der Waals surface area contributed by atoms with Gasteiger partial charge < -0.3 is 5.32 Å². The third kappa shape index (κ3) is 5.53. The maximum Gasteiger partial charge on any atom is 0.123 e. The maximum absolute atomic E-state index is 11.9. The van der Waals surface area contributed by atoms with Crippen LogP contribution in [0, 0.1) is 11.7 Å². The van der Waals surface area contributed by atoms with Crippen LogP contribution < -0.4 is 5.32 Å². The standard InChI is InChI=1S/C7H15N.C6H5F/c1-2-7-3-5-8-6-4-7;7-6-4-2-1-3-5-6/h7-8H,2-6H2,1H3;1-5H. The molecule has 0 saturated carbocycles. The second-order valence-corrected chi connectivity index (χ2v) is 3.90. The summed E-state index contributed by atoms with van der Waals surface area (Å²) in [5.41, 5.74) is 0. The average Bonchev–Trinajstić information content (AvgIpc) is 2.32. The fourth-order valence-corrected chi connectivity index (χ4v) is 1.70. The predicted octanol–water partition coefficient (Wildman–Crippen LogP) is 3.22. The number of piperidine rings is 1. The molecule has 1 nitrogen and oxygen atoms in total. The molecule has 1 aromatic rings.